The summed E-state index contributed by atoms with van der Waals surface area (Å²) in [6.07, 6.45) is -10.4. The number of hydrogen-bond acceptors (Lipinski definition) is 26. The number of ether oxygens (including phenoxy) is 7. The molecule has 3 aromatic carbocycles. The number of aliphatic hydroxyl groups is 5. The minimum Gasteiger partial charge on any atom is -0.462 e. The maximum absolute atomic E-state index is 16.0. The minimum atomic E-state index is -4.54. The fraction of sp³-hybridized carbons (Fsp3) is 0.406. The number of nitrogens with zero attached hydrogens (tertiary/aromatic N) is 4. The van der Waals surface area contributed by atoms with Gasteiger partial charge in [0.2, 0.25) is 0 Å². The number of benzene rings is 3. The minimum absolute atomic E-state index is 0.0178. The molecule has 31 nitrogen and oxygen atoms in total. The van der Waals surface area contributed by atoms with E-state index in [4.69, 9.17) is 52.4 Å². The van der Waals surface area contributed by atoms with Gasteiger partial charge < -0.3 is 104 Å². The molecule has 0 spiro atoms. The van der Waals surface area contributed by atoms with Crippen LogP contribution in [0.2, 0.25) is 0 Å². The lowest BCUT2D eigenvalue weighted by molar-refractivity contribution is -0.210. The maximum atomic E-state index is 16.0. The summed E-state index contributed by atoms with van der Waals surface area (Å²) < 4.78 is 180. The molecule has 598 valence electrons. The summed E-state index contributed by atoms with van der Waals surface area (Å²) in [7, 11) is -4.54. The average Bonchev–Trinajstić information content (AvgIpc) is 1.61. The number of carbonyl (C=O) groups excluding carboxylic acids is 7. The summed E-state index contributed by atoms with van der Waals surface area (Å²) in [6, 6.07) is 21.9. The van der Waals surface area contributed by atoms with E-state index in [0.717, 1.165) is 71.0 Å². The van der Waals surface area contributed by atoms with Crippen LogP contribution in [0.15, 0.2) is 188 Å². The lowest BCUT2D eigenvalue weighted by Gasteiger charge is -2.36. The standard InChI is InChI=1S/C24H20F2N2O6.C23H30F2N3O8P.C11H13BrF2N2O4.C11H14F2N2O4/c1-15-27-18(29)12-13-28(15)21-19(25)20(33-23(31)17-10-6-3-7-11-17)24(26,34-21)14-32-22(30)16-8-4-2-5-9-16;1-14(2)34-19(30)15(3)27-37(32,36-17-9-7-6-8-10-17)33-13-23(25)20(31)22(5,24)21(35-23)28-12-11-18(29)26-16(28)4;1-5-15-7(18)6(12)3-16(5)9-10(2,13)8(19)11(14,4-17)20-9;1-6-14-7(17)3-4-15(6)9-10(2,12)8(18)11(13,5-16)19-9/h2-13,19-21H,1,14H2,(H,27,29);6-12,14-15,20-21,31H,4,13H2,1-3,5H3,(H,26,29)(H,27,32);3,8-9,17,19H,1,4H2,2H3,(H,15,18);3-4,8-9,16,18H,1,5H2,2H3,(H,14,17)/t19-,20+,21-,24-;15?,20-,21+,22+,23+,37?;2*8-,9+,10+,11+/m1000/s1. The third-order valence-electron chi connectivity index (χ3n) is 17.0. The first kappa shape index (κ1) is 86.2. The van der Waals surface area contributed by atoms with E-state index in [1.165, 1.54) is 55.7 Å². The van der Waals surface area contributed by atoms with Gasteiger partial charge >= 0.3 is 25.7 Å². The smallest absolute Gasteiger partial charge is 0.459 e. The number of nitrogens with one attached hydrogen (secondary N) is 5. The van der Waals surface area contributed by atoms with Crippen LogP contribution in [0.1, 0.15) is 62.3 Å². The molecule has 3 aromatic rings. The summed E-state index contributed by atoms with van der Waals surface area (Å²) in [4.78, 5) is 86.7. The lowest BCUT2D eigenvalue weighted by atomic mass is 9.96. The molecule has 8 heterocycles. The second-order valence-electron chi connectivity index (χ2n) is 25.9. The number of halogens is 9. The van der Waals surface area contributed by atoms with Crippen LogP contribution in [0.3, 0.4) is 0 Å². The first-order chi connectivity index (χ1) is 51.3. The predicted molar refractivity (Wildman–Crippen MR) is 368 cm³/mol. The van der Waals surface area contributed by atoms with Crippen molar-refractivity contribution in [1.82, 2.24) is 46.0 Å². The highest BCUT2D eigenvalue weighted by Gasteiger charge is 2.69. The maximum Gasteiger partial charge on any atom is 0.459 e. The number of rotatable bonds is 20. The molecule has 18 atom stereocenters. The van der Waals surface area contributed by atoms with E-state index in [2.05, 4.69) is 68.6 Å². The molecule has 11 rings (SSSR count). The molecule has 0 aliphatic carbocycles. The molecule has 0 aromatic heterocycles. The van der Waals surface area contributed by atoms with Crippen LogP contribution in [-0.2, 0) is 66.2 Å². The quantitative estimate of drug-likeness (QED) is 0.0299. The van der Waals surface area contributed by atoms with Gasteiger partial charge in [-0.3, -0.25) is 28.5 Å². The molecule has 2 unspecified atom stereocenters. The van der Waals surface area contributed by atoms with Crippen molar-refractivity contribution < 1.29 is 141 Å². The van der Waals surface area contributed by atoms with Gasteiger partial charge in [0.1, 0.15) is 54.9 Å². The summed E-state index contributed by atoms with van der Waals surface area (Å²) in [5.41, 5.74) is -7.57. The molecule has 4 saturated heterocycles. The number of hydrogen-bond donors (Lipinski definition) is 10. The van der Waals surface area contributed by atoms with Crippen molar-refractivity contribution in [1.29, 1.82) is 0 Å². The Morgan fingerprint density at radius 2 is 0.982 bits per heavy atom. The molecule has 0 saturated carbocycles. The summed E-state index contributed by atoms with van der Waals surface area (Å²) >= 11 is 2.95. The van der Waals surface area contributed by atoms with Crippen molar-refractivity contribution in [3.8, 4) is 5.75 Å². The molecule has 10 N–H and O–H groups in total. The Hall–Kier alpha value is -9.42. The van der Waals surface area contributed by atoms with Crippen molar-refractivity contribution >= 4 is 65.2 Å². The molecule has 8 aliphatic rings. The Morgan fingerprint density at radius 3 is 1.41 bits per heavy atom. The van der Waals surface area contributed by atoms with Crippen molar-refractivity contribution in [2.24, 2.45) is 0 Å². The summed E-state index contributed by atoms with van der Waals surface area (Å²) in [5.74, 6) is -16.9. The Bertz CT molecular complexity index is 4180. The molecular formula is C69H77BrF8N9O22P. The van der Waals surface area contributed by atoms with E-state index in [1.807, 2.05) is 0 Å². The van der Waals surface area contributed by atoms with E-state index in [0.29, 0.717) is 0 Å². The number of alkyl halides is 8. The highest BCUT2D eigenvalue weighted by Crippen LogP contribution is 2.52. The summed E-state index contributed by atoms with van der Waals surface area (Å²) in [5, 5.41) is 59.3. The highest BCUT2D eigenvalue weighted by molar-refractivity contribution is 9.12. The SMILES string of the molecule is C=C1NC(=O)C(Br)=CN1[C@@H]1O[C@](F)(CO)[C@@H](O)[C@@]1(C)F.C=C1NC(=O)C=CN1[C@@H]1O[C@](F)(CO)[C@@H](O)[C@@]1(C)F.C=C1NC(=O)C=CN1[C@@H]1O[C@](F)(COC(=O)c2ccccc2)[C@@H](OC(=O)c2ccccc2)[C@H]1F.C=C1NC(=O)C=CN1[C@@H]1O[C@](F)(COP(=O)(NC(C)C(=O)OC(C)C)Oc2ccccc2)[C@@H](O)[C@@]1(C)F. The fourth-order valence-corrected chi connectivity index (χ4v) is 13.1. The molecular weight excluding hydrogens is 1570 g/mol. The van der Waals surface area contributed by atoms with E-state index in [-0.39, 0.29) is 44.6 Å². The van der Waals surface area contributed by atoms with Gasteiger partial charge in [-0.05, 0) is 93.9 Å². The van der Waals surface area contributed by atoms with Crippen LogP contribution in [0.25, 0.3) is 0 Å². The van der Waals surface area contributed by atoms with Gasteiger partial charge in [0, 0.05) is 43.0 Å². The van der Waals surface area contributed by atoms with Gasteiger partial charge in [-0.2, -0.15) is 5.09 Å². The lowest BCUT2D eigenvalue weighted by Crippen LogP contribution is -2.52. The van der Waals surface area contributed by atoms with Crippen LogP contribution in [0, 0.1) is 0 Å². The Balaban J connectivity index is 0.000000192. The van der Waals surface area contributed by atoms with E-state index in [1.54, 1.807) is 68.4 Å². The molecule has 0 bridgehead atoms. The molecule has 41 heteroatoms. The largest absolute Gasteiger partial charge is 0.462 e. The Labute approximate surface area is 630 Å². The average molecular weight is 1650 g/mol. The van der Waals surface area contributed by atoms with Crippen LogP contribution >= 0.6 is 23.7 Å². The molecule has 0 radical (unpaired) electrons. The zero-order valence-corrected chi connectivity index (χ0v) is 61.5. The Kier molecular flexibility index (Phi) is 26.7. The second-order valence-corrected chi connectivity index (χ2v) is 28.4. The van der Waals surface area contributed by atoms with E-state index < -0.39 is 184 Å². The molecule has 4 fully saturated rings. The van der Waals surface area contributed by atoms with Crippen molar-refractivity contribution in [2.45, 2.75) is 150 Å². The molecule has 110 heavy (non-hydrogen) atoms. The van der Waals surface area contributed by atoms with Crippen molar-refractivity contribution in [3.63, 3.8) is 0 Å². The van der Waals surface area contributed by atoms with E-state index in [9.17, 15) is 71.0 Å². The number of aliphatic hydroxyl groups excluding tert-OH is 5. The first-order valence-corrected chi connectivity index (χ1v) is 35.1. The van der Waals surface area contributed by atoms with Gasteiger partial charge in [-0.25, -0.2) is 49.3 Å². The van der Waals surface area contributed by atoms with Crippen molar-refractivity contribution in [2.75, 3.05) is 26.4 Å². The van der Waals surface area contributed by atoms with Crippen LogP contribution in [0.5, 0.6) is 5.75 Å². The van der Waals surface area contributed by atoms with Crippen LogP contribution < -0.4 is 30.9 Å². The molecule has 8 aliphatic heterocycles. The number of amides is 4. The third kappa shape index (κ3) is 18.9. The van der Waals surface area contributed by atoms with E-state index >= 15 is 17.6 Å². The zero-order chi connectivity index (χ0) is 81.6. The number of carbonyl (C=O) groups is 7. The van der Waals surface area contributed by atoms with Gasteiger partial charge in [0.25, 0.3) is 47.0 Å². The third-order valence-corrected chi connectivity index (χ3v) is 19.2. The first-order valence-electron chi connectivity index (χ1n) is 32.7. The predicted octanol–water partition coefficient (Wildman–Crippen LogP) is 5.23. The topological polar surface area (TPSA) is 394 Å². The highest BCUT2D eigenvalue weighted by atomic mass is 79.9. The van der Waals surface area contributed by atoms with Gasteiger partial charge in [-0.15, -0.1) is 0 Å². The fourth-order valence-electron chi connectivity index (χ4n) is 11.3. The second kappa shape index (κ2) is 34.1. The monoisotopic (exact) mass is 1650 g/mol. The van der Waals surface area contributed by atoms with Crippen LogP contribution in [-0.4, -0.2) is 221 Å². The number of esters is 3. The van der Waals surface area contributed by atoms with Gasteiger partial charge in [0.15, 0.2) is 79.1 Å². The summed E-state index contributed by atoms with van der Waals surface area (Å²) in [6.45, 7) is 16.8. The van der Waals surface area contributed by atoms with Crippen LogP contribution in [0.4, 0.5) is 35.1 Å². The normalized spacial score (nSPS) is 33.2. The van der Waals surface area contributed by atoms with Crippen molar-refractivity contribution in [3.05, 3.63) is 199 Å². The zero-order valence-electron chi connectivity index (χ0n) is 59.0. The number of para-hydroxylation sites is 1. The Morgan fingerprint density at radius 1 is 0.582 bits per heavy atom. The molecule has 4 amide bonds. The van der Waals surface area contributed by atoms with Gasteiger partial charge in [-0.1, -0.05) is 80.9 Å². The van der Waals surface area contributed by atoms with Gasteiger partial charge in [0.05, 0.1) is 21.7 Å².